The molecule has 0 unspecified atom stereocenters. The van der Waals surface area contributed by atoms with E-state index < -0.39 is 5.60 Å². The lowest BCUT2D eigenvalue weighted by Gasteiger charge is -2.44. The van der Waals surface area contributed by atoms with Crippen LogP contribution in [0.5, 0.6) is 0 Å². The van der Waals surface area contributed by atoms with Gasteiger partial charge in [-0.25, -0.2) is 4.39 Å². The molecule has 0 spiro atoms. The number of nitrogens with zero attached hydrogens (tertiary/aromatic N) is 1. The summed E-state index contributed by atoms with van der Waals surface area (Å²) in [6, 6.07) is 17.6. The van der Waals surface area contributed by atoms with Crippen LogP contribution in [0.25, 0.3) is 6.08 Å². The molecule has 136 valence electrons. The van der Waals surface area contributed by atoms with Gasteiger partial charge in [-0.15, -0.1) is 0 Å². The quantitative estimate of drug-likeness (QED) is 0.860. The van der Waals surface area contributed by atoms with Crippen molar-refractivity contribution in [3.8, 4) is 0 Å². The summed E-state index contributed by atoms with van der Waals surface area (Å²) >= 11 is 0. The molecule has 2 aromatic carbocycles. The predicted octanol–water partition coefficient (Wildman–Crippen LogP) is 4.74. The zero-order valence-electron chi connectivity index (χ0n) is 15.2. The van der Waals surface area contributed by atoms with Crippen molar-refractivity contribution in [1.29, 1.82) is 0 Å². The van der Waals surface area contributed by atoms with Gasteiger partial charge in [0.05, 0.1) is 5.60 Å². The number of hydrogen-bond acceptors (Lipinski definition) is 2. The van der Waals surface area contributed by atoms with Gasteiger partial charge in [-0.3, -0.25) is 4.90 Å². The van der Waals surface area contributed by atoms with Crippen molar-refractivity contribution >= 4 is 6.08 Å². The van der Waals surface area contributed by atoms with Crippen molar-refractivity contribution in [2.45, 2.75) is 50.3 Å². The van der Waals surface area contributed by atoms with Crippen LogP contribution in [0.2, 0.25) is 0 Å². The lowest BCUT2D eigenvalue weighted by atomic mass is 9.80. The van der Waals surface area contributed by atoms with Gasteiger partial charge in [0.25, 0.3) is 0 Å². The lowest BCUT2D eigenvalue weighted by molar-refractivity contribution is -0.0542. The average Bonchev–Trinajstić information content (AvgIpc) is 2.87. The normalized spacial score (nSPS) is 29.1. The molecule has 0 radical (unpaired) electrons. The fourth-order valence-electron chi connectivity index (χ4n) is 4.74. The van der Waals surface area contributed by atoms with Crippen LogP contribution in [0, 0.1) is 5.82 Å². The third-order valence-electron chi connectivity index (χ3n) is 5.94. The minimum atomic E-state index is -0.826. The van der Waals surface area contributed by atoms with Crippen LogP contribution in [0.4, 0.5) is 4.39 Å². The minimum Gasteiger partial charge on any atom is -0.385 e. The molecule has 2 bridgehead atoms. The van der Waals surface area contributed by atoms with E-state index in [1.807, 2.05) is 6.07 Å². The maximum atomic E-state index is 13.2. The fourth-order valence-corrected chi connectivity index (χ4v) is 4.74. The molecule has 4 rings (SSSR count). The average molecular weight is 351 g/mol. The van der Waals surface area contributed by atoms with Gasteiger partial charge in [0.2, 0.25) is 0 Å². The third-order valence-corrected chi connectivity index (χ3v) is 5.94. The van der Waals surface area contributed by atoms with Gasteiger partial charge in [-0.2, -0.15) is 0 Å². The monoisotopic (exact) mass is 351 g/mol. The molecule has 0 saturated carbocycles. The van der Waals surface area contributed by atoms with E-state index in [2.05, 4.69) is 42.2 Å². The molecule has 2 nitrogen and oxygen atoms in total. The molecule has 0 amide bonds. The fraction of sp³-hybridized carbons (Fsp3) is 0.391. The lowest BCUT2D eigenvalue weighted by Crippen LogP contribution is -2.50. The van der Waals surface area contributed by atoms with Crippen molar-refractivity contribution in [2.24, 2.45) is 0 Å². The largest absolute Gasteiger partial charge is 0.385 e. The summed E-state index contributed by atoms with van der Waals surface area (Å²) in [5.74, 6) is -0.251. The van der Waals surface area contributed by atoms with Crippen molar-refractivity contribution in [3.63, 3.8) is 0 Å². The Hall–Kier alpha value is -1.97. The second-order valence-corrected chi connectivity index (χ2v) is 7.91. The first-order chi connectivity index (χ1) is 12.5. The Bertz CT molecular complexity index is 770. The van der Waals surface area contributed by atoms with E-state index in [1.165, 1.54) is 23.3 Å². The predicted molar refractivity (Wildman–Crippen MR) is 103 cm³/mol. The zero-order valence-corrected chi connectivity index (χ0v) is 15.2. The summed E-state index contributed by atoms with van der Waals surface area (Å²) < 4.78 is 13.2. The number of benzene rings is 2. The molecule has 26 heavy (non-hydrogen) atoms. The van der Waals surface area contributed by atoms with Crippen molar-refractivity contribution < 1.29 is 9.50 Å². The Morgan fingerprint density at radius 2 is 1.69 bits per heavy atom. The highest BCUT2D eigenvalue weighted by Crippen LogP contribution is 2.45. The van der Waals surface area contributed by atoms with Gasteiger partial charge in [0.15, 0.2) is 0 Å². The summed E-state index contributed by atoms with van der Waals surface area (Å²) in [5.41, 5.74) is 2.61. The molecule has 0 aromatic heterocycles. The third kappa shape index (κ3) is 3.46. The first-order valence-corrected chi connectivity index (χ1v) is 9.50. The SMILES string of the molecule is C/C(=C\c1ccccc1)CN1[C@@H]2CC[C@@H]1CC(O)(c1ccc(F)cc1)C2. The Morgan fingerprint density at radius 1 is 1.08 bits per heavy atom. The maximum absolute atomic E-state index is 13.2. The van der Waals surface area contributed by atoms with Gasteiger partial charge >= 0.3 is 0 Å². The number of fused-ring (bicyclic) bond motifs is 2. The highest BCUT2D eigenvalue weighted by molar-refractivity contribution is 5.52. The molecule has 1 N–H and O–H groups in total. The molecule has 2 saturated heterocycles. The van der Waals surface area contributed by atoms with Gasteiger partial charge in [-0.1, -0.05) is 54.1 Å². The molecule has 2 aromatic rings. The van der Waals surface area contributed by atoms with Gasteiger partial charge in [-0.05, 0) is 55.9 Å². The van der Waals surface area contributed by atoms with Crippen molar-refractivity contribution in [2.75, 3.05) is 6.54 Å². The van der Waals surface area contributed by atoms with Crippen LogP contribution in [0.1, 0.15) is 43.7 Å². The first-order valence-electron chi connectivity index (χ1n) is 9.50. The summed E-state index contributed by atoms with van der Waals surface area (Å²) in [6.45, 7) is 3.14. The number of piperidine rings is 1. The van der Waals surface area contributed by atoms with Crippen LogP contribution >= 0.6 is 0 Å². The molecular weight excluding hydrogens is 325 g/mol. The van der Waals surface area contributed by atoms with E-state index in [9.17, 15) is 9.50 Å². The Morgan fingerprint density at radius 3 is 2.31 bits per heavy atom. The van der Waals surface area contributed by atoms with Crippen LogP contribution in [-0.4, -0.2) is 28.6 Å². The minimum absolute atomic E-state index is 0.251. The molecule has 2 aliphatic heterocycles. The van der Waals surface area contributed by atoms with Gasteiger partial charge < -0.3 is 5.11 Å². The molecule has 0 aliphatic carbocycles. The first kappa shape index (κ1) is 17.4. The molecular formula is C23H26FNO. The Kier molecular flexibility index (Phi) is 4.68. The molecule has 2 atom stereocenters. The summed E-state index contributed by atoms with van der Waals surface area (Å²) in [7, 11) is 0. The van der Waals surface area contributed by atoms with Crippen LogP contribution in [0.3, 0.4) is 0 Å². The number of aliphatic hydroxyl groups is 1. The van der Waals surface area contributed by atoms with Gasteiger partial charge in [0.1, 0.15) is 5.82 Å². The highest BCUT2D eigenvalue weighted by Gasteiger charge is 2.48. The van der Waals surface area contributed by atoms with Crippen LogP contribution in [-0.2, 0) is 5.60 Å². The summed E-state index contributed by atoms with van der Waals surface area (Å²) in [5, 5.41) is 11.2. The highest BCUT2D eigenvalue weighted by atomic mass is 19.1. The van der Waals surface area contributed by atoms with E-state index in [1.54, 1.807) is 12.1 Å². The summed E-state index contributed by atoms with van der Waals surface area (Å²) in [6.07, 6.45) is 5.97. The van der Waals surface area contributed by atoms with Crippen molar-refractivity contribution in [1.82, 2.24) is 4.90 Å². The molecule has 3 heteroatoms. The van der Waals surface area contributed by atoms with E-state index in [4.69, 9.17) is 0 Å². The second kappa shape index (κ2) is 6.98. The Balaban J connectivity index is 1.49. The summed E-state index contributed by atoms with van der Waals surface area (Å²) in [4.78, 5) is 2.56. The number of halogens is 1. The van der Waals surface area contributed by atoms with E-state index in [-0.39, 0.29) is 5.82 Å². The number of rotatable bonds is 4. The topological polar surface area (TPSA) is 23.5 Å². The molecule has 2 aliphatic rings. The van der Waals surface area contributed by atoms with Gasteiger partial charge in [0, 0.05) is 18.6 Å². The van der Waals surface area contributed by atoms with E-state index in [0.717, 1.165) is 37.8 Å². The standard InChI is InChI=1S/C23H26FNO/c1-17(13-18-5-3-2-4-6-18)16-25-21-11-12-22(25)15-23(26,14-21)19-7-9-20(24)10-8-19/h2-10,13,21-22,26H,11-12,14-16H2,1H3/b17-13+/t21-,22-/m1/s1. The van der Waals surface area contributed by atoms with Crippen molar-refractivity contribution in [3.05, 3.63) is 77.1 Å². The van der Waals surface area contributed by atoms with Crippen LogP contribution < -0.4 is 0 Å². The molecule has 2 heterocycles. The Labute approximate surface area is 155 Å². The van der Waals surface area contributed by atoms with E-state index in [0.29, 0.717) is 12.1 Å². The van der Waals surface area contributed by atoms with Crippen LogP contribution in [0.15, 0.2) is 60.2 Å². The van der Waals surface area contributed by atoms with E-state index >= 15 is 0 Å². The smallest absolute Gasteiger partial charge is 0.123 e. The number of hydrogen-bond donors (Lipinski definition) is 1. The molecule has 2 fully saturated rings. The maximum Gasteiger partial charge on any atom is 0.123 e. The second-order valence-electron chi connectivity index (χ2n) is 7.91. The zero-order chi connectivity index (χ0) is 18.1.